The SMILES string of the molecule is C=CC=C=C/C=C\C.CF.NC(=O)c1[nH]ncc1NC(=O)Cc1c[nH]c2ccccc12. The first kappa shape index (κ1) is 24.9. The highest BCUT2D eigenvalue weighted by Crippen LogP contribution is 2.19. The highest BCUT2D eigenvalue weighted by Gasteiger charge is 2.14. The number of alkyl halides is 1. The molecule has 162 valence electrons. The van der Waals surface area contributed by atoms with Gasteiger partial charge in [-0.05, 0) is 30.7 Å². The predicted molar refractivity (Wildman–Crippen MR) is 122 cm³/mol. The number of carbonyl (C=O) groups is 2. The molecule has 2 amide bonds. The van der Waals surface area contributed by atoms with Gasteiger partial charge in [0.2, 0.25) is 5.91 Å². The van der Waals surface area contributed by atoms with Gasteiger partial charge in [-0.15, -0.1) is 5.73 Å². The molecular formula is C23H26FN5O2. The van der Waals surface area contributed by atoms with E-state index >= 15 is 0 Å². The van der Waals surface area contributed by atoms with Gasteiger partial charge in [0.25, 0.3) is 5.91 Å². The minimum atomic E-state index is -0.671. The first-order valence-corrected chi connectivity index (χ1v) is 9.27. The van der Waals surface area contributed by atoms with Crippen LogP contribution in [0.4, 0.5) is 10.1 Å². The molecule has 0 saturated heterocycles. The second-order valence-electron chi connectivity index (χ2n) is 5.87. The average Bonchev–Trinajstić information content (AvgIpc) is 3.41. The van der Waals surface area contributed by atoms with Gasteiger partial charge < -0.3 is 16.0 Å². The van der Waals surface area contributed by atoms with Crippen molar-refractivity contribution < 1.29 is 14.0 Å². The molecule has 3 aromatic rings. The number of nitrogens with zero attached hydrogens (tertiary/aromatic N) is 1. The Balaban J connectivity index is 0.000000409. The number of rotatable bonds is 6. The summed E-state index contributed by atoms with van der Waals surface area (Å²) in [5.41, 5.74) is 10.3. The zero-order valence-electron chi connectivity index (χ0n) is 17.5. The maximum atomic E-state index is 12.1. The van der Waals surface area contributed by atoms with Crippen LogP contribution in [0.25, 0.3) is 10.9 Å². The smallest absolute Gasteiger partial charge is 0.268 e. The lowest BCUT2D eigenvalue weighted by molar-refractivity contribution is -0.115. The summed E-state index contributed by atoms with van der Waals surface area (Å²) < 4.78 is 9.50. The lowest BCUT2D eigenvalue weighted by Crippen LogP contribution is -2.18. The number of carbonyl (C=O) groups excluding carboxylic acids is 2. The molecule has 0 aliphatic rings. The largest absolute Gasteiger partial charge is 0.364 e. The lowest BCUT2D eigenvalue weighted by atomic mass is 10.1. The molecule has 0 saturated carbocycles. The Kier molecular flexibility index (Phi) is 11.2. The average molecular weight is 423 g/mol. The van der Waals surface area contributed by atoms with E-state index in [1.165, 1.54) is 6.20 Å². The number of amides is 2. The Morgan fingerprint density at radius 3 is 2.71 bits per heavy atom. The molecule has 0 fully saturated rings. The third kappa shape index (κ3) is 8.00. The van der Waals surface area contributed by atoms with Gasteiger partial charge in [-0.3, -0.25) is 19.1 Å². The molecule has 8 heteroatoms. The summed E-state index contributed by atoms with van der Waals surface area (Å²) in [6.45, 7) is 5.46. The molecule has 5 N–H and O–H groups in total. The fourth-order valence-electron chi connectivity index (χ4n) is 2.49. The number of hydrogen-bond donors (Lipinski definition) is 4. The molecule has 1 aromatic carbocycles. The summed E-state index contributed by atoms with van der Waals surface area (Å²) in [7, 11) is 0.500. The van der Waals surface area contributed by atoms with Crippen LogP contribution >= 0.6 is 0 Å². The Labute approximate surface area is 180 Å². The first-order chi connectivity index (χ1) is 15.1. The maximum Gasteiger partial charge on any atom is 0.268 e. The monoisotopic (exact) mass is 423 g/mol. The summed E-state index contributed by atoms with van der Waals surface area (Å²) in [6, 6.07) is 7.73. The van der Waals surface area contributed by atoms with Crippen LogP contribution in [-0.4, -0.2) is 34.2 Å². The number of aromatic nitrogens is 3. The highest BCUT2D eigenvalue weighted by molar-refractivity contribution is 6.02. The highest BCUT2D eigenvalue weighted by atomic mass is 19.1. The number of H-pyrrole nitrogens is 2. The predicted octanol–water partition coefficient (Wildman–Crippen LogP) is 4.22. The Hall–Kier alpha value is -4.16. The van der Waals surface area contributed by atoms with Crippen molar-refractivity contribution >= 4 is 28.4 Å². The van der Waals surface area contributed by atoms with Crippen molar-refractivity contribution in [2.45, 2.75) is 13.3 Å². The van der Waals surface area contributed by atoms with E-state index < -0.39 is 5.91 Å². The van der Waals surface area contributed by atoms with Crippen molar-refractivity contribution in [2.75, 3.05) is 12.5 Å². The van der Waals surface area contributed by atoms with E-state index in [4.69, 9.17) is 5.73 Å². The number of para-hydroxylation sites is 1. The molecule has 0 radical (unpaired) electrons. The quantitative estimate of drug-likeness (QED) is 0.351. The lowest BCUT2D eigenvalue weighted by Gasteiger charge is -2.03. The molecule has 3 rings (SSSR count). The second kappa shape index (κ2) is 13.9. The molecule has 31 heavy (non-hydrogen) atoms. The molecule has 2 heterocycles. The van der Waals surface area contributed by atoms with E-state index in [1.807, 2.05) is 49.4 Å². The fraction of sp³-hybridized carbons (Fsp3) is 0.130. The van der Waals surface area contributed by atoms with Crippen molar-refractivity contribution in [3.63, 3.8) is 0 Å². The summed E-state index contributed by atoms with van der Waals surface area (Å²) >= 11 is 0. The van der Waals surface area contributed by atoms with E-state index in [1.54, 1.807) is 18.3 Å². The molecule has 2 aromatic heterocycles. The van der Waals surface area contributed by atoms with Gasteiger partial charge in [-0.1, -0.05) is 43.0 Å². The van der Waals surface area contributed by atoms with Gasteiger partial charge in [-0.25, -0.2) is 0 Å². The van der Waals surface area contributed by atoms with Crippen LogP contribution in [0.5, 0.6) is 0 Å². The van der Waals surface area contributed by atoms with E-state index in [0.29, 0.717) is 7.18 Å². The van der Waals surface area contributed by atoms with Gasteiger partial charge in [-0.2, -0.15) is 5.10 Å². The first-order valence-electron chi connectivity index (χ1n) is 9.27. The number of anilines is 1. The summed E-state index contributed by atoms with van der Waals surface area (Å²) in [4.78, 5) is 26.3. The number of benzene rings is 1. The zero-order valence-corrected chi connectivity index (χ0v) is 17.5. The zero-order chi connectivity index (χ0) is 23.1. The standard InChI is InChI=1S/C14H13N5O2.C8H10.CH3F/c15-14(21)13-11(7-17-19-13)18-12(20)5-8-6-16-10-4-2-1-3-9(8)10;1-3-5-7-8-6-4-2;1-2/h1-4,6-7,16H,5H2,(H2,15,21)(H,17,19)(H,18,20);3-6,8H,1H2,2H3;1H3/b;6-4-;. The van der Waals surface area contributed by atoms with E-state index in [-0.39, 0.29) is 23.7 Å². The molecule has 0 atom stereocenters. The van der Waals surface area contributed by atoms with Crippen LogP contribution in [0.3, 0.4) is 0 Å². The van der Waals surface area contributed by atoms with E-state index in [0.717, 1.165) is 16.5 Å². The molecule has 0 unspecified atom stereocenters. The summed E-state index contributed by atoms with van der Waals surface area (Å²) in [6.07, 6.45) is 12.5. The fourth-order valence-corrected chi connectivity index (χ4v) is 2.49. The van der Waals surface area contributed by atoms with Crippen molar-refractivity contribution in [3.8, 4) is 0 Å². The van der Waals surface area contributed by atoms with E-state index in [2.05, 4.69) is 32.8 Å². The maximum absolute atomic E-state index is 12.1. The summed E-state index contributed by atoms with van der Waals surface area (Å²) in [5, 5.41) is 9.77. The number of fused-ring (bicyclic) bond motifs is 1. The molecule has 0 aliphatic heterocycles. The van der Waals surface area contributed by atoms with Crippen molar-refractivity contribution in [3.05, 3.63) is 90.6 Å². The van der Waals surface area contributed by atoms with Crippen LogP contribution in [0.1, 0.15) is 23.0 Å². The Morgan fingerprint density at radius 1 is 1.29 bits per heavy atom. The van der Waals surface area contributed by atoms with Crippen LogP contribution in [0, 0.1) is 0 Å². The molecule has 0 bridgehead atoms. The van der Waals surface area contributed by atoms with Crippen LogP contribution < -0.4 is 11.1 Å². The molecular weight excluding hydrogens is 397 g/mol. The molecule has 7 nitrogen and oxygen atoms in total. The van der Waals surface area contributed by atoms with Gasteiger partial charge >= 0.3 is 0 Å². The van der Waals surface area contributed by atoms with Crippen molar-refractivity contribution in [2.24, 2.45) is 5.73 Å². The van der Waals surface area contributed by atoms with Crippen LogP contribution in [0.2, 0.25) is 0 Å². The number of halogens is 1. The normalized spacial score (nSPS) is 9.52. The number of allylic oxidation sites excluding steroid dienone is 4. The van der Waals surface area contributed by atoms with Gasteiger partial charge in [0.05, 0.1) is 25.5 Å². The number of hydrogen-bond acceptors (Lipinski definition) is 3. The van der Waals surface area contributed by atoms with Crippen molar-refractivity contribution in [1.82, 2.24) is 15.2 Å². The second-order valence-corrected chi connectivity index (χ2v) is 5.87. The molecule has 0 aliphatic carbocycles. The number of nitrogens with two attached hydrogens (primary N) is 1. The third-order valence-electron chi connectivity index (χ3n) is 3.78. The third-order valence-corrected chi connectivity index (χ3v) is 3.78. The van der Waals surface area contributed by atoms with Crippen molar-refractivity contribution in [1.29, 1.82) is 0 Å². The van der Waals surface area contributed by atoms with Gasteiger partial charge in [0.1, 0.15) is 5.69 Å². The number of nitrogens with one attached hydrogen (secondary N) is 3. The minimum Gasteiger partial charge on any atom is -0.364 e. The van der Waals surface area contributed by atoms with Crippen LogP contribution in [-0.2, 0) is 11.2 Å². The minimum absolute atomic E-state index is 0.0854. The summed E-state index contributed by atoms with van der Waals surface area (Å²) in [5.74, 6) is -0.918. The van der Waals surface area contributed by atoms with Gasteiger partial charge in [0, 0.05) is 17.1 Å². The Bertz CT molecular complexity index is 1090. The van der Waals surface area contributed by atoms with E-state index in [9.17, 15) is 14.0 Å². The molecule has 0 spiro atoms. The Morgan fingerprint density at radius 2 is 2.03 bits per heavy atom. The number of aromatic amines is 2. The van der Waals surface area contributed by atoms with Crippen LogP contribution in [0.15, 0.2) is 79.3 Å². The number of primary amides is 1. The topological polar surface area (TPSA) is 117 Å². The van der Waals surface area contributed by atoms with Gasteiger partial charge in [0.15, 0.2) is 0 Å².